The first-order valence-electron chi connectivity index (χ1n) is 6.12. The van der Waals surface area contributed by atoms with Gasteiger partial charge in [0.15, 0.2) is 0 Å². The Morgan fingerprint density at radius 2 is 1.90 bits per heavy atom. The predicted octanol–water partition coefficient (Wildman–Crippen LogP) is 1.70. The maximum absolute atomic E-state index is 5.95. The third-order valence-electron chi connectivity index (χ3n) is 2.61. The fourth-order valence-corrected chi connectivity index (χ4v) is 2.52. The molecule has 0 amide bonds. The van der Waals surface area contributed by atoms with Crippen LogP contribution in [0.4, 0.5) is 17.6 Å². The molecule has 0 bridgehead atoms. The van der Waals surface area contributed by atoms with Crippen LogP contribution in [0.25, 0.3) is 0 Å². The molecule has 2 rings (SSSR count). The van der Waals surface area contributed by atoms with E-state index in [1.165, 1.54) is 5.56 Å². The summed E-state index contributed by atoms with van der Waals surface area (Å²) in [5, 5.41) is 0. The van der Waals surface area contributed by atoms with E-state index in [4.69, 9.17) is 11.5 Å². The Hall–Kier alpha value is -2.02. The first-order chi connectivity index (χ1) is 9.45. The van der Waals surface area contributed by atoms with Crippen molar-refractivity contribution in [1.29, 1.82) is 0 Å². The first-order valence-corrected chi connectivity index (χ1v) is 7.11. The molecule has 0 aliphatic heterocycles. The SMILES string of the molecule is Cc1ccc(N)c(SCc2nc(N)nc(N(C)C)n2)c1. The average Bonchev–Trinajstić information content (AvgIpc) is 2.39. The number of nitrogens with zero attached hydrogens (tertiary/aromatic N) is 4. The summed E-state index contributed by atoms with van der Waals surface area (Å²) in [6, 6.07) is 5.95. The minimum atomic E-state index is 0.233. The number of aromatic nitrogens is 3. The maximum Gasteiger partial charge on any atom is 0.229 e. The third-order valence-corrected chi connectivity index (χ3v) is 3.68. The number of aryl methyl sites for hydroxylation is 1. The summed E-state index contributed by atoms with van der Waals surface area (Å²) in [5.74, 6) is 2.04. The zero-order valence-electron chi connectivity index (χ0n) is 11.8. The quantitative estimate of drug-likeness (QED) is 0.653. The molecule has 0 saturated carbocycles. The molecular weight excluding hydrogens is 272 g/mol. The molecule has 6 nitrogen and oxygen atoms in total. The average molecular weight is 290 g/mol. The molecule has 0 unspecified atom stereocenters. The number of rotatable bonds is 4. The van der Waals surface area contributed by atoms with Crippen LogP contribution in [0, 0.1) is 6.92 Å². The van der Waals surface area contributed by atoms with Crippen LogP contribution >= 0.6 is 11.8 Å². The molecule has 2 aromatic rings. The molecule has 0 radical (unpaired) electrons. The van der Waals surface area contributed by atoms with Crippen molar-refractivity contribution in [3.05, 3.63) is 29.6 Å². The van der Waals surface area contributed by atoms with Gasteiger partial charge in [-0.15, -0.1) is 11.8 Å². The highest BCUT2D eigenvalue weighted by Gasteiger charge is 2.08. The van der Waals surface area contributed by atoms with Crippen LogP contribution in [-0.4, -0.2) is 29.0 Å². The summed E-state index contributed by atoms with van der Waals surface area (Å²) in [4.78, 5) is 15.4. The van der Waals surface area contributed by atoms with Crippen molar-refractivity contribution < 1.29 is 0 Å². The third kappa shape index (κ3) is 3.51. The van der Waals surface area contributed by atoms with Gasteiger partial charge in [-0.2, -0.15) is 15.0 Å². The molecule has 0 atom stereocenters. The normalized spacial score (nSPS) is 10.6. The van der Waals surface area contributed by atoms with E-state index in [0.29, 0.717) is 17.5 Å². The fourth-order valence-electron chi connectivity index (χ4n) is 1.60. The van der Waals surface area contributed by atoms with Gasteiger partial charge in [-0.1, -0.05) is 6.07 Å². The maximum atomic E-state index is 5.95. The van der Waals surface area contributed by atoms with Gasteiger partial charge in [0.1, 0.15) is 5.82 Å². The van der Waals surface area contributed by atoms with Crippen LogP contribution in [0.3, 0.4) is 0 Å². The lowest BCUT2D eigenvalue weighted by Gasteiger charge is -2.11. The van der Waals surface area contributed by atoms with Crippen LogP contribution in [0.2, 0.25) is 0 Å². The van der Waals surface area contributed by atoms with Gasteiger partial charge in [-0.25, -0.2) is 0 Å². The molecule has 7 heteroatoms. The Morgan fingerprint density at radius 3 is 2.60 bits per heavy atom. The molecule has 106 valence electrons. The smallest absolute Gasteiger partial charge is 0.229 e. The monoisotopic (exact) mass is 290 g/mol. The van der Waals surface area contributed by atoms with Crippen LogP contribution in [0.5, 0.6) is 0 Å². The van der Waals surface area contributed by atoms with Crippen molar-refractivity contribution in [2.75, 3.05) is 30.5 Å². The van der Waals surface area contributed by atoms with Crippen LogP contribution in [0.1, 0.15) is 11.4 Å². The minimum absolute atomic E-state index is 0.233. The van der Waals surface area contributed by atoms with Gasteiger partial charge in [0.25, 0.3) is 0 Å². The lowest BCUT2D eigenvalue weighted by atomic mass is 10.2. The van der Waals surface area contributed by atoms with E-state index in [2.05, 4.69) is 21.0 Å². The predicted molar refractivity (Wildman–Crippen MR) is 83.7 cm³/mol. The standard InChI is InChI=1S/C13H18N6S/c1-8-4-5-9(14)10(6-8)20-7-11-16-12(15)18-13(17-11)19(2)3/h4-6H,7,14H2,1-3H3,(H2,15,16,17,18). The molecule has 0 saturated heterocycles. The van der Waals surface area contributed by atoms with E-state index in [1.807, 2.05) is 33.2 Å². The number of benzene rings is 1. The van der Waals surface area contributed by atoms with Gasteiger partial charge in [-0.3, -0.25) is 0 Å². The van der Waals surface area contributed by atoms with Gasteiger partial charge in [0.05, 0.1) is 5.75 Å². The number of thioether (sulfide) groups is 1. The minimum Gasteiger partial charge on any atom is -0.398 e. The Balaban J connectivity index is 2.16. The van der Waals surface area contributed by atoms with E-state index in [1.54, 1.807) is 16.7 Å². The summed E-state index contributed by atoms with van der Waals surface area (Å²) in [7, 11) is 3.73. The fraction of sp³-hybridized carbons (Fsp3) is 0.308. The number of hydrogen-bond acceptors (Lipinski definition) is 7. The van der Waals surface area contributed by atoms with E-state index in [-0.39, 0.29) is 5.95 Å². The summed E-state index contributed by atoms with van der Waals surface area (Å²) in [6.45, 7) is 2.04. The second-order valence-corrected chi connectivity index (χ2v) is 5.65. The zero-order valence-corrected chi connectivity index (χ0v) is 12.6. The van der Waals surface area contributed by atoms with E-state index in [9.17, 15) is 0 Å². The second-order valence-electron chi connectivity index (χ2n) is 4.63. The topological polar surface area (TPSA) is 93.9 Å². The number of hydrogen-bond donors (Lipinski definition) is 2. The molecule has 1 aromatic carbocycles. The van der Waals surface area contributed by atoms with Gasteiger partial charge in [0, 0.05) is 24.7 Å². The van der Waals surface area contributed by atoms with E-state index >= 15 is 0 Å². The molecule has 0 aliphatic carbocycles. The highest BCUT2D eigenvalue weighted by molar-refractivity contribution is 7.98. The molecule has 0 spiro atoms. The molecule has 0 aliphatic rings. The Labute approximate surface area is 122 Å². The Kier molecular flexibility index (Phi) is 4.29. The lowest BCUT2D eigenvalue weighted by molar-refractivity contribution is 0.919. The van der Waals surface area contributed by atoms with Crippen molar-refractivity contribution in [2.45, 2.75) is 17.6 Å². The van der Waals surface area contributed by atoms with Crippen molar-refractivity contribution in [1.82, 2.24) is 15.0 Å². The molecule has 4 N–H and O–H groups in total. The number of nitrogens with two attached hydrogens (primary N) is 2. The van der Waals surface area contributed by atoms with Crippen LogP contribution in [-0.2, 0) is 5.75 Å². The summed E-state index contributed by atoms with van der Waals surface area (Å²) in [6.07, 6.45) is 0. The highest BCUT2D eigenvalue weighted by atomic mass is 32.2. The summed E-state index contributed by atoms with van der Waals surface area (Å²) in [5.41, 5.74) is 13.6. The van der Waals surface area contributed by atoms with Crippen molar-refractivity contribution in [3.8, 4) is 0 Å². The number of nitrogen functional groups attached to an aromatic ring is 2. The van der Waals surface area contributed by atoms with E-state index < -0.39 is 0 Å². The Bertz CT molecular complexity index is 614. The van der Waals surface area contributed by atoms with Crippen molar-refractivity contribution in [2.24, 2.45) is 0 Å². The van der Waals surface area contributed by atoms with Crippen molar-refractivity contribution >= 4 is 29.3 Å². The molecular formula is C13H18N6S. The van der Waals surface area contributed by atoms with Crippen LogP contribution in [0.15, 0.2) is 23.1 Å². The second kappa shape index (κ2) is 5.96. The molecule has 20 heavy (non-hydrogen) atoms. The molecule has 1 aromatic heterocycles. The lowest BCUT2D eigenvalue weighted by Crippen LogP contribution is -2.15. The van der Waals surface area contributed by atoms with Crippen molar-refractivity contribution in [3.63, 3.8) is 0 Å². The van der Waals surface area contributed by atoms with Gasteiger partial charge >= 0.3 is 0 Å². The van der Waals surface area contributed by atoms with Gasteiger partial charge in [-0.05, 0) is 24.6 Å². The summed E-state index contributed by atoms with van der Waals surface area (Å²) >= 11 is 1.59. The number of anilines is 3. The van der Waals surface area contributed by atoms with E-state index in [0.717, 1.165) is 10.6 Å². The zero-order chi connectivity index (χ0) is 14.7. The highest BCUT2D eigenvalue weighted by Crippen LogP contribution is 2.28. The van der Waals surface area contributed by atoms with Gasteiger partial charge < -0.3 is 16.4 Å². The largest absolute Gasteiger partial charge is 0.398 e. The van der Waals surface area contributed by atoms with Gasteiger partial charge in [0.2, 0.25) is 11.9 Å². The Morgan fingerprint density at radius 1 is 1.15 bits per heavy atom. The molecule has 1 heterocycles. The summed E-state index contributed by atoms with van der Waals surface area (Å²) < 4.78 is 0. The first kappa shape index (κ1) is 14.4. The van der Waals surface area contributed by atoms with Crippen LogP contribution < -0.4 is 16.4 Å². The molecule has 0 fully saturated rings.